The third kappa shape index (κ3) is 4.72. The summed E-state index contributed by atoms with van der Waals surface area (Å²) in [4.78, 5) is 30.0. The Morgan fingerprint density at radius 1 is 1.00 bits per heavy atom. The van der Waals surface area contributed by atoms with Gasteiger partial charge < -0.3 is 19.5 Å². The summed E-state index contributed by atoms with van der Waals surface area (Å²) >= 11 is 0. The van der Waals surface area contributed by atoms with E-state index in [9.17, 15) is 26.8 Å². The van der Waals surface area contributed by atoms with Crippen LogP contribution in [0.3, 0.4) is 0 Å². The van der Waals surface area contributed by atoms with Crippen molar-refractivity contribution in [2.75, 3.05) is 18.2 Å². The number of pyridine rings is 1. The lowest BCUT2D eigenvalue weighted by molar-refractivity contribution is -0.286. The summed E-state index contributed by atoms with van der Waals surface area (Å²) in [5, 5.41) is 2.76. The van der Waals surface area contributed by atoms with E-state index in [4.69, 9.17) is 4.74 Å². The number of alkyl halides is 2. The highest BCUT2D eigenvalue weighted by molar-refractivity contribution is 7.89. The van der Waals surface area contributed by atoms with Gasteiger partial charge in [-0.1, -0.05) is 18.2 Å². The molecule has 3 heterocycles. The minimum Gasteiger partial charge on any atom is -0.492 e. The molecule has 0 saturated carbocycles. The molecule has 2 N–H and O–H groups in total. The molecular weight excluding hydrogens is 524 g/mol. The van der Waals surface area contributed by atoms with Gasteiger partial charge in [0.25, 0.3) is 5.91 Å². The van der Waals surface area contributed by atoms with Crippen LogP contribution in [-0.4, -0.2) is 44.4 Å². The molecule has 0 aliphatic carbocycles. The van der Waals surface area contributed by atoms with Gasteiger partial charge in [-0.3, -0.25) is 9.59 Å². The van der Waals surface area contributed by atoms with E-state index in [0.29, 0.717) is 16.8 Å². The Morgan fingerprint density at radius 3 is 2.32 bits per heavy atom. The SMILES string of the molecule is Cc1ccc(NC(=O)[C@@]2(C)COc3cc4c(cc32)OC(F)(F)O4)nc1-c1ccc(C(=O)NS(C)(=O)=O)cc1. The van der Waals surface area contributed by atoms with Crippen LogP contribution in [0.5, 0.6) is 17.2 Å². The first-order chi connectivity index (χ1) is 17.7. The molecule has 3 aromatic rings. The van der Waals surface area contributed by atoms with Crippen LogP contribution in [0.2, 0.25) is 0 Å². The van der Waals surface area contributed by atoms with Gasteiger partial charge in [-0.15, -0.1) is 8.78 Å². The molecular formula is C25H21F2N3O7S. The van der Waals surface area contributed by atoms with Crippen molar-refractivity contribution in [1.82, 2.24) is 9.71 Å². The van der Waals surface area contributed by atoms with Crippen LogP contribution in [0.25, 0.3) is 11.3 Å². The van der Waals surface area contributed by atoms with E-state index in [2.05, 4.69) is 19.8 Å². The number of ether oxygens (including phenoxy) is 3. The second-order valence-corrected chi connectivity index (χ2v) is 10.9. The molecule has 1 atom stereocenters. The van der Waals surface area contributed by atoms with Crippen LogP contribution >= 0.6 is 0 Å². The summed E-state index contributed by atoms with van der Waals surface area (Å²) in [6, 6.07) is 12.1. The highest BCUT2D eigenvalue weighted by Gasteiger charge is 2.49. The lowest BCUT2D eigenvalue weighted by Gasteiger charge is -2.22. The maximum atomic E-state index is 13.5. The van der Waals surface area contributed by atoms with E-state index in [1.807, 2.05) is 11.6 Å². The second kappa shape index (κ2) is 8.65. The number of sulfonamides is 1. The van der Waals surface area contributed by atoms with Crippen LogP contribution in [0.15, 0.2) is 48.5 Å². The van der Waals surface area contributed by atoms with E-state index in [-0.39, 0.29) is 35.2 Å². The first-order valence-electron chi connectivity index (χ1n) is 11.2. The highest BCUT2D eigenvalue weighted by Crippen LogP contribution is 2.50. The Balaban J connectivity index is 1.37. The van der Waals surface area contributed by atoms with Gasteiger partial charge in [-0.2, -0.15) is 0 Å². The molecule has 2 aromatic carbocycles. The largest absolute Gasteiger partial charge is 0.586 e. The number of halogens is 2. The summed E-state index contributed by atoms with van der Waals surface area (Å²) in [6.45, 7) is 3.39. The second-order valence-electron chi connectivity index (χ2n) is 9.18. The third-order valence-electron chi connectivity index (χ3n) is 6.15. The lowest BCUT2D eigenvalue weighted by atomic mass is 9.83. The number of aryl methyl sites for hydroxylation is 1. The number of amides is 2. The molecule has 2 aliphatic heterocycles. The van der Waals surface area contributed by atoms with Crippen LogP contribution in [0.1, 0.15) is 28.4 Å². The number of hydrogen-bond donors (Lipinski definition) is 2. The number of nitrogens with zero attached hydrogens (tertiary/aromatic N) is 1. The molecule has 13 heteroatoms. The Bertz CT molecular complexity index is 1590. The normalized spacial score (nSPS) is 18.9. The van der Waals surface area contributed by atoms with E-state index in [1.165, 1.54) is 24.3 Å². The number of benzene rings is 2. The quantitative estimate of drug-likeness (QED) is 0.499. The monoisotopic (exact) mass is 545 g/mol. The number of rotatable bonds is 5. The summed E-state index contributed by atoms with van der Waals surface area (Å²) < 4.78 is 66.1. The zero-order valence-corrected chi connectivity index (χ0v) is 21.1. The molecule has 5 rings (SSSR count). The van der Waals surface area contributed by atoms with Gasteiger partial charge in [-0.25, -0.2) is 18.1 Å². The van der Waals surface area contributed by atoms with Crippen LogP contribution in [-0.2, 0) is 20.2 Å². The molecule has 2 aliphatic rings. The van der Waals surface area contributed by atoms with Crippen molar-refractivity contribution >= 4 is 27.7 Å². The van der Waals surface area contributed by atoms with Crippen molar-refractivity contribution in [1.29, 1.82) is 0 Å². The molecule has 0 radical (unpaired) electrons. The number of nitrogens with one attached hydrogen (secondary N) is 2. The molecule has 0 saturated heterocycles. The highest BCUT2D eigenvalue weighted by atomic mass is 32.2. The molecule has 0 unspecified atom stereocenters. The van der Waals surface area contributed by atoms with E-state index in [0.717, 1.165) is 11.8 Å². The predicted molar refractivity (Wildman–Crippen MR) is 131 cm³/mol. The van der Waals surface area contributed by atoms with Gasteiger partial charge in [-0.05, 0) is 43.7 Å². The number of anilines is 1. The van der Waals surface area contributed by atoms with Gasteiger partial charge in [0.15, 0.2) is 11.5 Å². The smallest absolute Gasteiger partial charge is 0.492 e. The Morgan fingerprint density at radius 2 is 1.66 bits per heavy atom. The Labute approximate surface area is 216 Å². The van der Waals surface area contributed by atoms with Gasteiger partial charge in [0.05, 0.1) is 11.9 Å². The van der Waals surface area contributed by atoms with Crippen molar-refractivity contribution in [2.45, 2.75) is 25.6 Å². The van der Waals surface area contributed by atoms with Crippen LogP contribution < -0.4 is 24.2 Å². The maximum absolute atomic E-state index is 13.5. The topological polar surface area (TPSA) is 133 Å². The lowest BCUT2D eigenvalue weighted by Crippen LogP contribution is -2.39. The fourth-order valence-corrected chi connectivity index (χ4v) is 4.62. The maximum Gasteiger partial charge on any atom is 0.586 e. The van der Waals surface area contributed by atoms with Gasteiger partial charge in [0.1, 0.15) is 23.6 Å². The van der Waals surface area contributed by atoms with Crippen LogP contribution in [0, 0.1) is 6.92 Å². The van der Waals surface area contributed by atoms with Crippen molar-refractivity contribution in [3.63, 3.8) is 0 Å². The minimum absolute atomic E-state index is 0.0385. The van der Waals surface area contributed by atoms with E-state index < -0.39 is 33.5 Å². The van der Waals surface area contributed by atoms with Crippen molar-refractivity contribution in [2.24, 2.45) is 0 Å². The average Bonchev–Trinajstić information content (AvgIpc) is 3.32. The molecule has 198 valence electrons. The van der Waals surface area contributed by atoms with Gasteiger partial charge >= 0.3 is 6.29 Å². The molecule has 0 fully saturated rings. The predicted octanol–water partition coefficient (Wildman–Crippen LogP) is 3.36. The molecule has 0 bridgehead atoms. The van der Waals surface area contributed by atoms with Crippen molar-refractivity contribution < 1.29 is 41.0 Å². The molecule has 38 heavy (non-hydrogen) atoms. The first kappa shape index (κ1) is 25.4. The van der Waals surface area contributed by atoms with Crippen molar-refractivity contribution in [3.05, 3.63) is 65.2 Å². The molecule has 1 aromatic heterocycles. The zero-order chi connectivity index (χ0) is 27.5. The molecule has 10 nitrogen and oxygen atoms in total. The molecule has 0 spiro atoms. The average molecular weight is 546 g/mol. The minimum atomic E-state index is -3.80. The van der Waals surface area contributed by atoms with Gasteiger partial charge in [0.2, 0.25) is 15.9 Å². The molecule has 2 amide bonds. The number of carbonyl (C=O) groups is 2. The fourth-order valence-electron chi connectivity index (χ4n) is 4.17. The number of aromatic nitrogens is 1. The summed E-state index contributed by atoms with van der Waals surface area (Å²) in [5.41, 5.74) is 1.22. The summed E-state index contributed by atoms with van der Waals surface area (Å²) in [6.07, 6.45) is -2.91. The number of hydrogen-bond acceptors (Lipinski definition) is 8. The van der Waals surface area contributed by atoms with Gasteiger partial charge in [0, 0.05) is 22.8 Å². The Hall–Kier alpha value is -4.26. The summed E-state index contributed by atoms with van der Waals surface area (Å²) in [5.74, 6) is -1.14. The summed E-state index contributed by atoms with van der Waals surface area (Å²) in [7, 11) is -3.70. The fraction of sp³-hybridized carbons (Fsp3) is 0.240. The standard InChI is InChI=1S/C25H21F2N3O7S/c1-13-4-9-20(28-21(13)14-5-7-15(8-6-14)22(31)30-38(3,33)34)29-23(32)24(2)12-35-17-11-19-18(10-16(17)24)36-25(26,27)37-19/h4-11H,12H2,1-3H3,(H,30,31)(H,28,29,32)/t24-/m0/s1. The van der Waals surface area contributed by atoms with E-state index >= 15 is 0 Å². The first-order valence-corrected chi connectivity index (χ1v) is 13.1. The zero-order valence-electron chi connectivity index (χ0n) is 20.3. The van der Waals surface area contributed by atoms with Crippen molar-refractivity contribution in [3.8, 4) is 28.5 Å². The van der Waals surface area contributed by atoms with Crippen LogP contribution in [0.4, 0.5) is 14.6 Å². The third-order valence-corrected chi connectivity index (χ3v) is 6.71. The Kier molecular flexibility index (Phi) is 5.78. The number of fused-ring (bicyclic) bond motifs is 2. The number of carbonyl (C=O) groups excluding carboxylic acids is 2. The van der Waals surface area contributed by atoms with E-state index in [1.54, 1.807) is 31.2 Å².